The summed E-state index contributed by atoms with van der Waals surface area (Å²) < 4.78 is 0.674. The molecule has 0 saturated carbocycles. The van der Waals surface area contributed by atoms with E-state index in [1.54, 1.807) is 19.1 Å². The summed E-state index contributed by atoms with van der Waals surface area (Å²) in [7, 11) is 3.77. The fourth-order valence-electron chi connectivity index (χ4n) is 2.06. The summed E-state index contributed by atoms with van der Waals surface area (Å²) >= 11 is 3.22. The van der Waals surface area contributed by atoms with Gasteiger partial charge in [-0.05, 0) is 33.2 Å². The maximum absolute atomic E-state index is 11.0. The Morgan fingerprint density at radius 1 is 1.50 bits per heavy atom. The third kappa shape index (κ3) is 5.54. The molecule has 0 aliphatic carbocycles. The van der Waals surface area contributed by atoms with Gasteiger partial charge in [0.25, 0.3) is 5.69 Å². The van der Waals surface area contributed by atoms with Gasteiger partial charge in [0.05, 0.1) is 10.5 Å². The zero-order chi connectivity index (χ0) is 15.3. The van der Waals surface area contributed by atoms with Gasteiger partial charge in [0.1, 0.15) is 0 Å². The number of nitrogens with one attached hydrogen (secondary N) is 1. The van der Waals surface area contributed by atoms with Crippen LogP contribution in [0.5, 0.6) is 0 Å². The van der Waals surface area contributed by atoms with Crippen LogP contribution in [0.3, 0.4) is 0 Å². The summed E-state index contributed by atoms with van der Waals surface area (Å²) in [6, 6.07) is 4.95. The molecule has 0 spiro atoms. The van der Waals surface area contributed by atoms with Gasteiger partial charge in [0.2, 0.25) is 0 Å². The van der Waals surface area contributed by atoms with Gasteiger partial charge in [-0.2, -0.15) is 0 Å². The fourth-order valence-corrected chi connectivity index (χ4v) is 2.41. The van der Waals surface area contributed by atoms with Gasteiger partial charge in [0, 0.05) is 35.7 Å². The van der Waals surface area contributed by atoms with E-state index in [0.717, 1.165) is 0 Å². The maximum Gasteiger partial charge on any atom is 0.275 e. The first-order valence-corrected chi connectivity index (χ1v) is 7.01. The minimum Gasteiger partial charge on any atom is -0.388 e. The Balaban J connectivity index is 2.64. The Morgan fingerprint density at radius 2 is 2.15 bits per heavy atom. The molecule has 1 unspecified atom stereocenters. The normalized spacial score (nSPS) is 14.3. The molecular formula is C13H20BrN3O3. The Hall–Kier alpha value is -1.02. The number of likely N-dealkylation sites (N-methyl/N-ethyl adjacent to an activating group) is 1. The fraction of sp³-hybridized carbons (Fsp3) is 0.538. The van der Waals surface area contributed by atoms with Crippen molar-refractivity contribution in [1.82, 2.24) is 10.2 Å². The molecule has 0 heterocycles. The van der Waals surface area contributed by atoms with Crippen molar-refractivity contribution in [2.75, 3.05) is 27.2 Å². The van der Waals surface area contributed by atoms with Crippen molar-refractivity contribution >= 4 is 21.6 Å². The van der Waals surface area contributed by atoms with Gasteiger partial charge in [-0.15, -0.1) is 0 Å². The van der Waals surface area contributed by atoms with Gasteiger partial charge in [-0.1, -0.05) is 15.9 Å². The molecule has 1 aromatic carbocycles. The molecule has 6 nitrogen and oxygen atoms in total. The minimum absolute atomic E-state index is 0.0686. The molecule has 0 aliphatic heterocycles. The minimum atomic E-state index is -0.881. The second-order valence-electron chi connectivity index (χ2n) is 5.37. The molecule has 0 bridgehead atoms. The molecule has 1 atom stereocenters. The van der Waals surface area contributed by atoms with E-state index in [1.165, 1.54) is 6.07 Å². The van der Waals surface area contributed by atoms with Gasteiger partial charge in [0.15, 0.2) is 0 Å². The molecule has 0 aliphatic rings. The molecule has 0 radical (unpaired) electrons. The van der Waals surface area contributed by atoms with Crippen LogP contribution in [0.4, 0.5) is 5.69 Å². The quantitative estimate of drug-likeness (QED) is 0.581. The number of nitro benzene ring substituents is 1. The third-order valence-electron chi connectivity index (χ3n) is 2.72. The SMILES string of the molecule is CN(C)CC(C)(O)CNCc1ccc(Br)cc1[N+](=O)[O-]. The van der Waals surface area contributed by atoms with E-state index in [1.807, 2.05) is 19.0 Å². The van der Waals surface area contributed by atoms with Crippen molar-refractivity contribution in [2.24, 2.45) is 0 Å². The Bertz CT molecular complexity index is 478. The molecule has 2 N–H and O–H groups in total. The molecule has 0 fully saturated rings. The predicted molar refractivity (Wildman–Crippen MR) is 81.7 cm³/mol. The van der Waals surface area contributed by atoms with Crippen molar-refractivity contribution in [3.63, 3.8) is 0 Å². The first-order chi connectivity index (χ1) is 9.21. The molecule has 7 heteroatoms. The van der Waals surface area contributed by atoms with Crippen molar-refractivity contribution in [3.05, 3.63) is 38.3 Å². The maximum atomic E-state index is 11.0. The van der Waals surface area contributed by atoms with Crippen LogP contribution in [-0.2, 0) is 6.54 Å². The van der Waals surface area contributed by atoms with Gasteiger partial charge >= 0.3 is 0 Å². The summed E-state index contributed by atoms with van der Waals surface area (Å²) in [6.45, 7) is 2.95. The number of nitro groups is 1. The van der Waals surface area contributed by atoms with Gasteiger partial charge < -0.3 is 15.3 Å². The second kappa shape index (κ2) is 7.12. The number of rotatable bonds is 7. The van der Waals surface area contributed by atoms with E-state index in [9.17, 15) is 15.2 Å². The highest BCUT2D eigenvalue weighted by Gasteiger charge is 2.21. The highest BCUT2D eigenvalue weighted by atomic mass is 79.9. The molecule has 1 rings (SSSR count). The Kier molecular flexibility index (Phi) is 6.07. The molecular weight excluding hydrogens is 326 g/mol. The van der Waals surface area contributed by atoms with E-state index in [0.29, 0.717) is 29.7 Å². The summed E-state index contributed by atoms with van der Waals surface area (Å²) in [5.41, 5.74) is -0.217. The van der Waals surface area contributed by atoms with Gasteiger partial charge in [-0.25, -0.2) is 0 Å². The summed E-state index contributed by atoms with van der Waals surface area (Å²) in [5.74, 6) is 0. The number of hydrogen-bond acceptors (Lipinski definition) is 5. The summed E-state index contributed by atoms with van der Waals surface area (Å²) in [6.07, 6.45) is 0. The number of halogens is 1. The molecule has 20 heavy (non-hydrogen) atoms. The van der Waals surface area contributed by atoms with Crippen LogP contribution in [0.15, 0.2) is 22.7 Å². The highest BCUT2D eigenvalue weighted by Crippen LogP contribution is 2.23. The largest absolute Gasteiger partial charge is 0.388 e. The van der Waals surface area contributed by atoms with Crippen molar-refractivity contribution < 1.29 is 10.0 Å². The van der Waals surface area contributed by atoms with Crippen molar-refractivity contribution in [1.29, 1.82) is 0 Å². The second-order valence-corrected chi connectivity index (χ2v) is 6.28. The lowest BCUT2D eigenvalue weighted by atomic mass is 10.1. The Morgan fingerprint density at radius 3 is 2.70 bits per heavy atom. The number of nitrogens with zero attached hydrogens (tertiary/aromatic N) is 2. The lowest BCUT2D eigenvalue weighted by Gasteiger charge is -2.27. The highest BCUT2D eigenvalue weighted by molar-refractivity contribution is 9.10. The van der Waals surface area contributed by atoms with Crippen molar-refractivity contribution in [3.8, 4) is 0 Å². The first kappa shape index (κ1) is 17.0. The van der Waals surface area contributed by atoms with Crippen LogP contribution in [0.25, 0.3) is 0 Å². The number of hydrogen-bond donors (Lipinski definition) is 2. The molecule has 1 aromatic rings. The zero-order valence-electron chi connectivity index (χ0n) is 11.9. The third-order valence-corrected chi connectivity index (χ3v) is 3.22. The first-order valence-electron chi connectivity index (χ1n) is 6.22. The molecule has 0 saturated heterocycles. The average Bonchev–Trinajstić information content (AvgIpc) is 2.28. The van der Waals surface area contributed by atoms with E-state index < -0.39 is 10.5 Å². The molecule has 112 valence electrons. The standard InChI is InChI=1S/C13H20BrN3O3/c1-13(18,9-16(2)3)8-15-7-10-4-5-11(14)6-12(10)17(19)20/h4-6,15,18H,7-9H2,1-3H3. The van der Waals surface area contributed by atoms with Crippen LogP contribution in [0.2, 0.25) is 0 Å². The molecule has 0 amide bonds. The smallest absolute Gasteiger partial charge is 0.275 e. The van der Waals surface area contributed by atoms with E-state index in [4.69, 9.17) is 0 Å². The zero-order valence-corrected chi connectivity index (χ0v) is 13.5. The van der Waals surface area contributed by atoms with Crippen LogP contribution < -0.4 is 5.32 Å². The monoisotopic (exact) mass is 345 g/mol. The van der Waals surface area contributed by atoms with Crippen LogP contribution in [0, 0.1) is 10.1 Å². The van der Waals surface area contributed by atoms with E-state index >= 15 is 0 Å². The average molecular weight is 346 g/mol. The Labute approximate surface area is 127 Å². The van der Waals surface area contributed by atoms with Gasteiger partial charge in [-0.3, -0.25) is 10.1 Å². The summed E-state index contributed by atoms with van der Waals surface area (Å²) in [5, 5.41) is 24.2. The van der Waals surface area contributed by atoms with E-state index in [-0.39, 0.29) is 5.69 Å². The van der Waals surface area contributed by atoms with E-state index in [2.05, 4.69) is 21.2 Å². The van der Waals surface area contributed by atoms with Crippen LogP contribution >= 0.6 is 15.9 Å². The number of benzene rings is 1. The van der Waals surface area contributed by atoms with Crippen molar-refractivity contribution in [2.45, 2.75) is 19.1 Å². The van der Waals surface area contributed by atoms with Crippen LogP contribution in [0.1, 0.15) is 12.5 Å². The topological polar surface area (TPSA) is 78.6 Å². The lowest BCUT2D eigenvalue weighted by Crippen LogP contribution is -2.45. The predicted octanol–water partition coefficient (Wildman–Crippen LogP) is 1.76. The number of aliphatic hydroxyl groups is 1. The lowest BCUT2D eigenvalue weighted by molar-refractivity contribution is -0.385. The van der Waals surface area contributed by atoms with Crippen LogP contribution in [-0.4, -0.2) is 47.7 Å². The molecule has 0 aromatic heterocycles. The summed E-state index contributed by atoms with van der Waals surface area (Å²) in [4.78, 5) is 12.5.